The van der Waals surface area contributed by atoms with Crippen molar-refractivity contribution in [1.29, 1.82) is 0 Å². The molecule has 0 aliphatic heterocycles. The number of aromatic nitrogens is 2. The average molecular weight is 183 g/mol. The molecule has 0 atom stereocenters. The van der Waals surface area contributed by atoms with E-state index in [-0.39, 0.29) is 0 Å². The first-order chi connectivity index (χ1) is 6.16. The minimum atomic E-state index is 0.762. The van der Waals surface area contributed by atoms with Crippen molar-refractivity contribution >= 4 is 5.69 Å². The Labute approximate surface area is 78.7 Å². The summed E-state index contributed by atoms with van der Waals surface area (Å²) in [5.41, 5.74) is 8.56. The van der Waals surface area contributed by atoms with Crippen molar-refractivity contribution in [2.45, 2.75) is 26.8 Å². The van der Waals surface area contributed by atoms with Gasteiger partial charge in [0, 0.05) is 20.3 Å². The summed E-state index contributed by atoms with van der Waals surface area (Å²) in [7, 11) is 1.70. The molecule has 0 aliphatic rings. The van der Waals surface area contributed by atoms with E-state index in [0.29, 0.717) is 0 Å². The van der Waals surface area contributed by atoms with Gasteiger partial charge in [-0.15, -0.1) is 0 Å². The number of ether oxygens (including phenoxy) is 1. The Bertz CT molecular complexity index is 281. The van der Waals surface area contributed by atoms with E-state index in [1.165, 1.54) is 0 Å². The molecule has 74 valence electrons. The summed E-state index contributed by atoms with van der Waals surface area (Å²) in [5, 5.41) is 4.32. The first-order valence-electron chi connectivity index (χ1n) is 4.45. The summed E-state index contributed by atoms with van der Waals surface area (Å²) in [4.78, 5) is 0. The van der Waals surface area contributed by atoms with E-state index >= 15 is 0 Å². The highest BCUT2D eigenvalue weighted by Crippen LogP contribution is 2.14. The van der Waals surface area contributed by atoms with Crippen LogP contribution in [0.25, 0.3) is 0 Å². The molecule has 0 spiro atoms. The van der Waals surface area contributed by atoms with Crippen LogP contribution >= 0.6 is 0 Å². The van der Waals surface area contributed by atoms with Gasteiger partial charge in [0.1, 0.15) is 0 Å². The number of rotatable bonds is 4. The van der Waals surface area contributed by atoms with Crippen LogP contribution in [-0.2, 0) is 11.3 Å². The van der Waals surface area contributed by atoms with Crippen molar-refractivity contribution in [3.05, 3.63) is 11.4 Å². The van der Waals surface area contributed by atoms with E-state index in [0.717, 1.165) is 36.6 Å². The molecular weight excluding hydrogens is 166 g/mol. The number of nitrogens with zero attached hydrogens (tertiary/aromatic N) is 2. The smallest absolute Gasteiger partial charge is 0.0825 e. The van der Waals surface area contributed by atoms with Crippen LogP contribution < -0.4 is 5.73 Å². The molecular formula is C9H17N3O. The Morgan fingerprint density at radius 3 is 2.62 bits per heavy atom. The minimum absolute atomic E-state index is 0.762. The lowest BCUT2D eigenvalue weighted by molar-refractivity contribution is 0.188. The third-order valence-corrected chi connectivity index (χ3v) is 2.16. The second kappa shape index (κ2) is 4.28. The third-order valence-electron chi connectivity index (χ3n) is 2.16. The van der Waals surface area contributed by atoms with E-state index in [1.54, 1.807) is 7.11 Å². The number of nitrogens with two attached hydrogens (primary N) is 1. The second-order valence-corrected chi connectivity index (χ2v) is 3.15. The maximum Gasteiger partial charge on any atom is 0.0825 e. The zero-order valence-electron chi connectivity index (χ0n) is 8.50. The highest BCUT2D eigenvalue weighted by Gasteiger charge is 2.06. The maximum atomic E-state index is 5.79. The molecule has 0 unspecified atom stereocenters. The Balaban J connectivity index is 2.61. The second-order valence-electron chi connectivity index (χ2n) is 3.15. The van der Waals surface area contributed by atoms with Crippen molar-refractivity contribution in [1.82, 2.24) is 9.78 Å². The summed E-state index contributed by atoms with van der Waals surface area (Å²) in [5.74, 6) is 0. The van der Waals surface area contributed by atoms with Crippen LogP contribution in [0.1, 0.15) is 17.8 Å². The van der Waals surface area contributed by atoms with Gasteiger partial charge in [0.05, 0.1) is 17.1 Å². The van der Waals surface area contributed by atoms with Crippen LogP contribution in [0.5, 0.6) is 0 Å². The molecule has 0 radical (unpaired) electrons. The number of hydrogen-bond donors (Lipinski definition) is 1. The van der Waals surface area contributed by atoms with Crippen LogP contribution in [0.3, 0.4) is 0 Å². The standard InChI is InChI=1S/C9H17N3O/c1-7-9(10)8(2)12(11-7)5-4-6-13-3/h4-6,10H2,1-3H3. The zero-order chi connectivity index (χ0) is 9.84. The molecule has 1 aromatic rings. The van der Waals surface area contributed by atoms with E-state index in [9.17, 15) is 0 Å². The van der Waals surface area contributed by atoms with Crippen molar-refractivity contribution in [3.8, 4) is 0 Å². The fourth-order valence-corrected chi connectivity index (χ4v) is 1.29. The predicted octanol–water partition coefficient (Wildman–Crippen LogP) is 1.12. The third kappa shape index (κ3) is 2.21. The molecule has 4 heteroatoms. The molecule has 0 bridgehead atoms. The summed E-state index contributed by atoms with van der Waals surface area (Å²) < 4.78 is 6.90. The Morgan fingerprint density at radius 1 is 1.46 bits per heavy atom. The molecule has 0 saturated carbocycles. The van der Waals surface area contributed by atoms with E-state index in [4.69, 9.17) is 10.5 Å². The van der Waals surface area contributed by atoms with Crippen LogP contribution in [-0.4, -0.2) is 23.5 Å². The summed E-state index contributed by atoms with van der Waals surface area (Å²) in [6.07, 6.45) is 0.970. The Kier molecular flexibility index (Phi) is 3.31. The predicted molar refractivity (Wildman–Crippen MR) is 52.6 cm³/mol. The van der Waals surface area contributed by atoms with Crippen molar-refractivity contribution in [3.63, 3.8) is 0 Å². The number of nitrogen functional groups attached to an aromatic ring is 1. The van der Waals surface area contributed by atoms with Crippen LogP contribution in [0, 0.1) is 13.8 Å². The largest absolute Gasteiger partial charge is 0.396 e. The van der Waals surface area contributed by atoms with Gasteiger partial charge in [0.2, 0.25) is 0 Å². The number of aryl methyl sites for hydroxylation is 2. The van der Waals surface area contributed by atoms with Crippen molar-refractivity contribution in [2.24, 2.45) is 0 Å². The lowest BCUT2D eigenvalue weighted by atomic mass is 10.3. The Hall–Kier alpha value is -1.03. The summed E-state index contributed by atoms with van der Waals surface area (Å²) in [6.45, 7) is 5.55. The SMILES string of the molecule is COCCCn1nc(C)c(N)c1C. The highest BCUT2D eigenvalue weighted by molar-refractivity contribution is 5.46. The van der Waals surface area contributed by atoms with Crippen LogP contribution in [0.2, 0.25) is 0 Å². The van der Waals surface area contributed by atoms with Crippen molar-refractivity contribution in [2.75, 3.05) is 19.5 Å². The van der Waals surface area contributed by atoms with Gasteiger partial charge < -0.3 is 10.5 Å². The molecule has 1 rings (SSSR count). The quantitative estimate of drug-likeness (QED) is 0.712. The van der Waals surface area contributed by atoms with Gasteiger partial charge in [-0.1, -0.05) is 0 Å². The molecule has 13 heavy (non-hydrogen) atoms. The minimum Gasteiger partial charge on any atom is -0.396 e. The number of hydrogen-bond acceptors (Lipinski definition) is 3. The van der Waals surface area contributed by atoms with Gasteiger partial charge in [0.15, 0.2) is 0 Å². The van der Waals surface area contributed by atoms with Crippen molar-refractivity contribution < 1.29 is 4.74 Å². The molecule has 1 heterocycles. The fourth-order valence-electron chi connectivity index (χ4n) is 1.29. The molecule has 0 amide bonds. The summed E-state index contributed by atoms with van der Waals surface area (Å²) >= 11 is 0. The first kappa shape index (κ1) is 10.1. The van der Waals surface area contributed by atoms with Gasteiger partial charge in [-0.25, -0.2) is 0 Å². The van der Waals surface area contributed by atoms with E-state index in [2.05, 4.69) is 5.10 Å². The number of methoxy groups -OCH3 is 1. The van der Waals surface area contributed by atoms with Gasteiger partial charge in [0.25, 0.3) is 0 Å². The van der Waals surface area contributed by atoms with Gasteiger partial charge >= 0.3 is 0 Å². The van der Waals surface area contributed by atoms with Crippen LogP contribution in [0.15, 0.2) is 0 Å². The Morgan fingerprint density at radius 2 is 2.15 bits per heavy atom. The molecule has 4 nitrogen and oxygen atoms in total. The highest BCUT2D eigenvalue weighted by atomic mass is 16.5. The lowest BCUT2D eigenvalue weighted by Gasteiger charge is -2.03. The molecule has 0 fully saturated rings. The van der Waals surface area contributed by atoms with Gasteiger partial charge in [-0.2, -0.15) is 5.10 Å². The molecule has 0 aliphatic carbocycles. The monoisotopic (exact) mass is 183 g/mol. The molecule has 2 N–H and O–H groups in total. The van der Waals surface area contributed by atoms with E-state index < -0.39 is 0 Å². The molecule has 0 aromatic carbocycles. The maximum absolute atomic E-state index is 5.79. The molecule has 1 aromatic heterocycles. The normalized spacial score (nSPS) is 10.7. The van der Waals surface area contributed by atoms with Crippen LogP contribution in [0.4, 0.5) is 5.69 Å². The average Bonchev–Trinajstić information content (AvgIpc) is 2.34. The van der Waals surface area contributed by atoms with Gasteiger partial charge in [-0.3, -0.25) is 4.68 Å². The lowest BCUT2D eigenvalue weighted by Crippen LogP contribution is -2.05. The van der Waals surface area contributed by atoms with Gasteiger partial charge in [-0.05, 0) is 20.3 Å². The van der Waals surface area contributed by atoms with E-state index in [1.807, 2.05) is 18.5 Å². The summed E-state index contributed by atoms with van der Waals surface area (Å²) in [6, 6.07) is 0. The molecule has 0 saturated heterocycles. The first-order valence-corrected chi connectivity index (χ1v) is 4.45. The topological polar surface area (TPSA) is 53.1 Å². The number of anilines is 1. The zero-order valence-corrected chi connectivity index (χ0v) is 8.50. The fraction of sp³-hybridized carbons (Fsp3) is 0.667.